The van der Waals surface area contributed by atoms with Crippen molar-refractivity contribution in [1.82, 2.24) is 15.0 Å². The third kappa shape index (κ3) is 3.00. The Morgan fingerprint density at radius 2 is 2.12 bits per heavy atom. The SMILES string of the molecule is CCOC(=O)NN1CC(O)=C(c2n(C)c3ccccc3[n+]2C)C1=N.[Cl-]. The molecule has 0 aliphatic carbocycles. The highest BCUT2D eigenvalue weighted by molar-refractivity contribution is 6.22. The zero-order valence-corrected chi connectivity index (χ0v) is 15.0. The second-order valence-electron chi connectivity index (χ2n) is 5.52. The van der Waals surface area contributed by atoms with E-state index in [4.69, 9.17) is 10.1 Å². The van der Waals surface area contributed by atoms with Crippen molar-refractivity contribution in [1.29, 1.82) is 5.41 Å². The van der Waals surface area contributed by atoms with E-state index >= 15 is 0 Å². The number of carbonyl (C=O) groups is 1. The van der Waals surface area contributed by atoms with Gasteiger partial charge in [0.2, 0.25) is 0 Å². The fourth-order valence-corrected chi connectivity index (χ4v) is 3.00. The molecule has 0 unspecified atom stereocenters. The van der Waals surface area contributed by atoms with Gasteiger partial charge in [0.1, 0.15) is 11.3 Å². The van der Waals surface area contributed by atoms with E-state index in [-0.39, 0.29) is 37.2 Å². The number of para-hydroxylation sites is 2. The number of benzene rings is 1. The van der Waals surface area contributed by atoms with E-state index in [0.717, 1.165) is 11.0 Å². The number of nitrogens with one attached hydrogen (secondary N) is 2. The maximum absolute atomic E-state index is 11.6. The normalized spacial score (nSPS) is 14.0. The summed E-state index contributed by atoms with van der Waals surface area (Å²) in [5, 5.41) is 20.0. The quantitative estimate of drug-likeness (QED) is 0.561. The van der Waals surface area contributed by atoms with Crippen molar-refractivity contribution >= 4 is 28.5 Å². The Morgan fingerprint density at radius 3 is 2.76 bits per heavy atom. The Kier molecular flexibility index (Phi) is 5.22. The highest BCUT2D eigenvalue weighted by atomic mass is 35.5. The second-order valence-corrected chi connectivity index (χ2v) is 5.52. The average molecular weight is 366 g/mol. The summed E-state index contributed by atoms with van der Waals surface area (Å²) in [6.07, 6.45) is -0.655. The van der Waals surface area contributed by atoms with Crippen molar-refractivity contribution in [2.45, 2.75) is 6.92 Å². The van der Waals surface area contributed by atoms with Gasteiger partial charge >= 0.3 is 6.09 Å². The van der Waals surface area contributed by atoms with Gasteiger partial charge in [0, 0.05) is 0 Å². The van der Waals surface area contributed by atoms with Crippen molar-refractivity contribution in [3.05, 3.63) is 35.8 Å². The van der Waals surface area contributed by atoms with E-state index in [1.165, 1.54) is 5.01 Å². The van der Waals surface area contributed by atoms with E-state index in [0.29, 0.717) is 11.4 Å². The molecule has 1 aromatic heterocycles. The standard InChI is InChI=1S/C16H19N5O3.ClH/c1-4-24-16(23)18-21-9-12(22)13(14(21)17)15-19(2)10-7-5-6-8-11(10)20(15)3;/h5-8,17H,4,9H2,1-3H3,(H,18,23);1H. The van der Waals surface area contributed by atoms with Crippen molar-refractivity contribution < 1.29 is 31.6 Å². The molecule has 0 bridgehead atoms. The number of carbonyl (C=O) groups excluding carboxylic acids is 1. The molecular formula is C16H20ClN5O3. The monoisotopic (exact) mass is 365 g/mol. The Hall–Kier alpha value is -2.74. The van der Waals surface area contributed by atoms with Gasteiger partial charge in [-0.2, -0.15) is 0 Å². The number of aryl methyl sites for hydroxylation is 2. The lowest BCUT2D eigenvalue weighted by atomic mass is 10.2. The number of nitrogens with zero attached hydrogens (tertiary/aromatic N) is 3. The number of amidine groups is 1. The zero-order valence-electron chi connectivity index (χ0n) is 14.2. The van der Waals surface area contributed by atoms with Crippen LogP contribution in [0.2, 0.25) is 0 Å². The number of aromatic nitrogens is 2. The molecule has 25 heavy (non-hydrogen) atoms. The van der Waals surface area contributed by atoms with Gasteiger partial charge in [-0.05, 0) is 19.1 Å². The molecule has 0 saturated heterocycles. The minimum atomic E-state index is -0.655. The molecule has 3 N–H and O–H groups in total. The van der Waals surface area contributed by atoms with Crippen LogP contribution in [0, 0.1) is 5.41 Å². The van der Waals surface area contributed by atoms with Gasteiger partial charge in [0.25, 0.3) is 5.82 Å². The second kappa shape index (κ2) is 7.02. The maximum Gasteiger partial charge on any atom is 0.426 e. The van der Waals surface area contributed by atoms with Crippen LogP contribution >= 0.6 is 0 Å². The number of hydrogen-bond acceptors (Lipinski definition) is 4. The summed E-state index contributed by atoms with van der Waals surface area (Å²) in [7, 11) is 3.76. The predicted molar refractivity (Wildman–Crippen MR) is 88.2 cm³/mol. The summed E-state index contributed by atoms with van der Waals surface area (Å²) in [6, 6.07) is 7.83. The number of fused-ring (bicyclic) bond motifs is 1. The number of rotatable bonds is 3. The number of halogens is 1. The first-order valence-corrected chi connectivity index (χ1v) is 7.61. The molecule has 0 radical (unpaired) electrons. The number of imidazole rings is 1. The highest BCUT2D eigenvalue weighted by Gasteiger charge is 2.37. The van der Waals surface area contributed by atoms with Crippen LogP contribution in [0.5, 0.6) is 0 Å². The molecule has 2 aromatic rings. The first-order valence-electron chi connectivity index (χ1n) is 7.61. The molecule has 1 aliphatic rings. The number of aliphatic hydroxyl groups is 1. The van der Waals surface area contributed by atoms with Gasteiger partial charge in [0.15, 0.2) is 16.9 Å². The minimum absolute atomic E-state index is 0. The Morgan fingerprint density at radius 1 is 1.44 bits per heavy atom. The third-order valence-corrected chi connectivity index (χ3v) is 4.07. The van der Waals surface area contributed by atoms with Crippen LogP contribution in [0.4, 0.5) is 4.79 Å². The molecule has 134 valence electrons. The molecule has 0 fully saturated rings. The van der Waals surface area contributed by atoms with Crippen molar-refractivity contribution in [3.8, 4) is 0 Å². The largest absolute Gasteiger partial charge is 1.00 e. The summed E-state index contributed by atoms with van der Waals surface area (Å²) in [5.41, 5.74) is 4.81. The Balaban J connectivity index is 0.00000225. The van der Waals surface area contributed by atoms with Gasteiger partial charge in [-0.3, -0.25) is 10.4 Å². The number of hydrogen-bond donors (Lipinski definition) is 3. The van der Waals surface area contributed by atoms with Crippen LogP contribution < -0.4 is 22.4 Å². The van der Waals surface area contributed by atoms with E-state index in [2.05, 4.69) is 5.43 Å². The number of aliphatic hydroxyl groups excluding tert-OH is 1. The first kappa shape index (κ1) is 18.6. The number of hydrazine groups is 1. The minimum Gasteiger partial charge on any atom is -1.00 e. The Bertz CT molecular complexity index is 835. The molecule has 8 nitrogen and oxygen atoms in total. The Labute approximate surface area is 151 Å². The molecule has 0 spiro atoms. The summed E-state index contributed by atoms with van der Waals surface area (Å²) >= 11 is 0. The van der Waals surface area contributed by atoms with Crippen molar-refractivity contribution in [3.63, 3.8) is 0 Å². The topological polar surface area (TPSA) is 94.5 Å². The van der Waals surface area contributed by atoms with Gasteiger partial charge in [-0.15, -0.1) is 0 Å². The molecule has 0 atom stereocenters. The first-order chi connectivity index (χ1) is 11.5. The molecule has 1 aliphatic heterocycles. The van der Waals surface area contributed by atoms with Gasteiger partial charge < -0.3 is 22.3 Å². The van der Waals surface area contributed by atoms with Crippen LogP contribution in [0.25, 0.3) is 16.6 Å². The van der Waals surface area contributed by atoms with E-state index in [1.54, 1.807) is 6.92 Å². The summed E-state index contributed by atoms with van der Waals surface area (Å²) < 4.78 is 8.66. The summed E-state index contributed by atoms with van der Waals surface area (Å²) in [6.45, 7) is 1.96. The lowest BCUT2D eigenvalue weighted by Gasteiger charge is -2.18. The van der Waals surface area contributed by atoms with Crippen LogP contribution in [-0.4, -0.2) is 39.8 Å². The molecule has 0 saturated carbocycles. The lowest BCUT2D eigenvalue weighted by Crippen LogP contribution is -3.00. The average Bonchev–Trinajstić information content (AvgIpc) is 2.95. The highest BCUT2D eigenvalue weighted by Crippen LogP contribution is 2.26. The summed E-state index contributed by atoms with van der Waals surface area (Å²) in [4.78, 5) is 11.6. The van der Waals surface area contributed by atoms with Gasteiger partial charge in [-0.1, -0.05) is 12.1 Å². The van der Waals surface area contributed by atoms with E-state index in [1.807, 2.05) is 47.5 Å². The molecule has 9 heteroatoms. The number of amides is 1. The van der Waals surface area contributed by atoms with E-state index < -0.39 is 6.09 Å². The zero-order chi connectivity index (χ0) is 17.4. The molecule has 3 rings (SSSR count). The molecule has 1 aromatic carbocycles. The van der Waals surface area contributed by atoms with Crippen LogP contribution in [0.3, 0.4) is 0 Å². The lowest BCUT2D eigenvalue weighted by molar-refractivity contribution is -0.648. The van der Waals surface area contributed by atoms with Crippen LogP contribution in [-0.2, 0) is 18.8 Å². The van der Waals surface area contributed by atoms with E-state index in [9.17, 15) is 9.90 Å². The molecule has 2 heterocycles. The van der Waals surface area contributed by atoms with Gasteiger partial charge in [0.05, 0.1) is 27.2 Å². The molecule has 1 amide bonds. The third-order valence-electron chi connectivity index (χ3n) is 4.07. The predicted octanol–water partition coefficient (Wildman–Crippen LogP) is -1.77. The van der Waals surface area contributed by atoms with Crippen LogP contribution in [0.15, 0.2) is 30.0 Å². The summed E-state index contributed by atoms with van der Waals surface area (Å²) in [5.74, 6) is 0.729. The van der Waals surface area contributed by atoms with Gasteiger partial charge in [-0.25, -0.2) is 19.4 Å². The fraction of sp³-hybridized carbons (Fsp3) is 0.312. The number of ether oxygens (including phenoxy) is 1. The van der Waals surface area contributed by atoms with Crippen molar-refractivity contribution in [2.24, 2.45) is 14.1 Å². The maximum atomic E-state index is 11.6. The van der Waals surface area contributed by atoms with Crippen LogP contribution in [0.1, 0.15) is 12.7 Å². The molecular weight excluding hydrogens is 346 g/mol. The fourth-order valence-electron chi connectivity index (χ4n) is 3.00. The smallest absolute Gasteiger partial charge is 0.426 e. The van der Waals surface area contributed by atoms with Crippen molar-refractivity contribution in [2.75, 3.05) is 13.2 Å².